The van der Waals surface area contributed by atoms with Gasteiger partial charge in [0.25, 0.3) is 0 Å². The Morgan fingerprint density at radius 1 is 0.513 bits per heavy atom. The van der Waals surface area contributed by atoms with Crippen molar-refractivity contribution in [2.75, 3.05) is 17.4 Å². The molecule has 0 fully saturated rings. The van der Waals surface area contributed by atoms with E-state index in [4.69, 9.17) is 10.1 Å². The quantitative estimate of drug-likeness (QED) is 0.231. The fourth-order valence-electron chi connectivity index (χ4n) is 5.39. The molecule has 0 radical (unpaired) electrons. The van der Waals surface area contributed by atoms with E-state index in [0.29, 0.717) is 5.82 Å². The SMILES string of the molecule is CS1(C)c2ccccc2N(c2ccc(-c3nc(-c4ccccc4)nn3-c3ccccc3)cc2)c2ccccc21. The first kappa shape index (κ1) is 23.5. The predicted molar refractivity (Wildman–Crippen MR) is 163 cm³/mol. The van der Waals surface area contributed by atoms with E-state index in [-0.39, 0.29) is 0 Å². The molecule has 4 nitrogen and oxygen atoms in total. The average molecular weight is 525 g/mol. The van der Waals surface area contributed by atoms with Crippen molar-refractivity contribution in [3.05, 3.63) is 133 Å². The zero-order valence-corrected chi connectivity index (χ0v) is 22.7. The number of rotatable bonds is 4. The number of anilines is 3. The summed E-state index contributed by atoms with van der Waals surface area (Å²) < 4.78 is 1.94. The molecule has 1 aromatic heterocycles. The van der Waals surface area contributed by atoms with Crippen molar-refractivity contribution in [1.29, 1.82) is 0 Å². The second kappa shape index (κ2) is 9.29. The van der Waals surface area contributed by atoms with Crippen LogP contribution >= 0.6 is 10.0 Å². The monoisotopic (exact) mass is 524 g/mol. The Morgan fingerprint density at radius 3 is 1.67 bits per heavy atom. The highest BCUT2D eigenvalue weighted by Gasteiger charge is 2.33. The van der Waals surface area contributed by atoms with Crippen LogP contribution < -0.4 is 4.90 Å². The second-order valence-electron chi connectivity index (χ2n) is 10.0. The number of benzene rings is 5. The lowest BCUT2D eigenvalue weighted by molar-refractivity contribution is 0.890. The first-order valence-electron chi connectivity index (χ1n) is 13.0. The van der Waals surface area contributed by atoms with Crippen LogP contribution in [0.5, 0.6) is 0 Å². The van der Waals surface area contributed by atoms with Gasteiger partial charge in [0.05, 0.1) is 17.1 Å². The maximum atomic E-state index is 5.00. The summed E-state index contributed by atoms with van der Waals surface area (Å²) in [4.78, 5) is 10.2. The molecule has 0 aliphatic carbocycles. The topological polar surface area (TPSA) is 34.0 Å². The third-order valence-electron chi connectivity index (χ3n) is 7.34. The Morgan fingerprint density at radius 2 is 1.05 bits per heavy atom. The molecule has 5 aromatic carbocycles. The molecule has 0 bridgehead atoms. The number of hydrogen-bond donors (Lipinski definition) is 0. The van der Waals surface area contributed by atoms with Gasteiger partial charge in [0.2, 0.25) is 0 Å². The molecule has 0 spiro atoms. The normalized spacial score (nSPS) is 14.4. The molecule has 1 aliphatic rings. The van der Waals surface area contributed by atoms with Crippen molar-refractivity contribution >= 4 is 27.1 Å². The van der Waals surface area contributed by atoms with Crippen molar-refractivity contribution in [2.45, 2.75) is 9.79 Å². The van der Waals surface area contributed by atoms with Crippen LogP contribution in [-0.4, -0.2) is 27.3 Å². The van der Waals surface area contributed by atoms with Crippen LogP contribution in [0.15, 0.2) is 143 Å². The van der Waals surface area contributed by atoms with Gasteiger partial charge in [0.1, 0.15) is 0 Å². The Labute approximate surface area is 230 Å². The molecule has 5 heteroatoms. The van der Waals surface area contributed by atoms with Crippen LogP contribution in [0, 0.1) is 0 Å². The largest absolute Gasteiger partial charge is 0.308 e. The van der Waals surface area contributed by atoms with Crippen molar-refractivity contribution in [1.82, 2.24) is 14.8 Å². The van der Waals surface area contributed by atoms with Gasteiger partial charge < -0.3 is 4.90 Å². The van der Waals surface area contributed by atoms with Crippen LogP contribution in [0.1, 0.15) is 0 Å². The lowest BCUT2D eigenvalue weighted by atomic mass is 10.1. The van der Waals surface area contributed by atoms with Gasteiger partial charge in [0, 0.05) is 26.6 Å². The Bertz CT molecular complexity index is 1720. The molecule has 7 rings (SSSR count). The number of hydrogen-bond acceptors (Lipinski definition) is 3. The summed E-state index contributed by atoms with van der Waals surface area (Å²) >= 11 is 0. The maximum absolute atomic E-state index is 5.00. The fourth-order valence-corrected chi connectivity index (χ4v) is 7.83. The first-order chi connectivity index (χ1) is 19.1. The minimum atomic E-state index is -1.12. The zero-order chi connectivity index (χ0) is 26.4. The van der Waals surface area contributed by atoms with Crippen LogP contribution in [0.2, 0.25) is 0 Å². The number of para-hydroxylation sites is 3. The molecule has 39 heavy (non-hydrogen) atoms. The molecule has 0 unspecified atom stereocenters. The van der Waals surface area contributed by atoms with Gasteiger partial charge in [-0.3, -0.25) is 0 Å². The van der Waals surface area contributed by atoms with Gasteiger partial charge in [-0.15, -0.1) is 5.10 Å². The first-order valence-corrected chi connectivity index (χ1v) is 15.5. The number of aromatic nitrogens is 3. The van der Waals surface area contributed by atoms with Crippen LogP contribution in [-0.2, 0) is 0 Å². The smallest absolute Gasteiger partial charge is 0.182 e. The highest BCUT2D eigenvalue weighted by atomic mass is 32.3. The van der Waals surface area contributed by atoms with Crippen LogP contribution in [0.3, 0.4) is 0 Å². The van der Waals surface area contributed by atoms with Crippen LogP contribution in [0.25, 0.3) is 28.5 Å². The van der Waals surface area contributed by atoms with Gasteiger partial charge >= 0.3 is 0 Å². The van der Waals surface area contributed by atoms with Crippen molar-refractivity contribution in [3.63, 3.8) is 0 Å². The van der Waals surface area contributed by atoms with Crippen molar-refractivity contribution in [2.24, 2.45) is 0 Å². The molecule has 0 saturated carbocycles. The maximum Gasteiger partial charge on any atom is 0.182 e. The van der Waals surface area contributed by atoms with E-state index in [1.165, 1.54) is 21.2 Å². The minimum absolute atomic E-state index is 0.711. The van der Waals surface area contributed by atoms with Gasteiger partial charge in [-0.1, -0.05) is 72.8 Å². The highest BCUT2D eigenvalue weighted by Crippen LogP contribution is 2.67. The standard InChI is InChI=1S/C34H28N4S/c1-39(2)31-19-11-9-17-29(31)37(30-18-10-12-20-32(30)39)27-23-21-26(22-24-27)34-35-33(25-13-5-3-6-14-25)36-38(34)28-15-7-4-8-16-28/h3-24H,1-2H3. The lowest BCUT2D eigenvalue weighted by Gasteiger charge is -2.45. The molecule has 190 valence electrons. The summed E-state index contributed by atoms with van der Waals surface area (Å²) in [6.07, 6.45) is 4.79. The Hall–Kier alpha value is -4.61. The number of nitrogens with zero attached hydrogens (tertiary/aromatic N) is 4. The van der Waals surface area contributed by atoms with E-state index in [0.717, 1.165) is 28.3 Å². The molecular weight excluding hydrogens is 496 g/mol. The van der Waals surface area contributed by atoms with Crippen molar-refractivity contribution in [3.8, 4) is 28.5 Å². The van der Waals surface area contributed by atoms with E-state index < -0.39 is 10.0 Å². The molecule has 1 aliphatic heterocycles. The molecular formula is C34H28N4S. The summed E-state index contributed by atoms with van der Waals surface area (Å²) in [5.41, 5.74) is 6.63. The molecule has 0 amide bonds. The molecule has 2 heterocycles. The molecule has 0 saturated heterocycles. The van der Waals surface area contributed by atoms with Gasteiger partial charge in [-0.25, -0.2) is 9.67 Å². The number of fused-ring (bicyclic) bond motifs is 2. The summed E-state index contributed by atoms with van der Waals surface area (Å²) in [6.45, 7) is 0. The van der Waals surface area contributed by atoms with Gasteiger partial charge in [0.15, 0.2) is 11.6 Å². The van der Waals surface area contributed by atoms with E-state index in [1.807, 2.05) is 53.2 Å². The summed E-state index contributed by atoms with van der Waals surface area (Å²) in [7, 11) is -1.12. The Balaban J connectivity index is 1.35. The highest BCUT2D eigenvalue weighted by molar-refractivity contribution is 8.33. The second-order valence-corrected chi connectivity index (χ2v) is 13.6. The summed E-state index contributed by atoms with van der Waals surface area (Å²) in [5, 5.41) is 4.91. The predicted octanol–water partition coefficient (Wildman–Crippen LogP) is 8.87. The zero-order valence-electron chi connectivity index (χ0n) is 21.9. The molecule has 0 N–H and O–H groups in total. The molecule has 6 aromatic rings. The van der Waals surface area contributed by atoms with E-state index >= 15 is 0 Å². The summed E-state index contributed by atoms with van der Waals surface area (Å²) in [5.74, 6) is 1.53. The third kappa shape index (κ3) is 3.94. The van der Waals surface area contributed by atoms with Gasteiger partial charge in [-0.2, -0.15) is 10.0 Å². The lowest BCUT2D eigenvalue weighted by Crippen LogP contribution is -2.19. The van der Waals surface area contributed by atoms with Crippen LogP contribution in [0.4, 0.5) is 17.1 Å². The van der Waals surface area contributed by atoms with E-state index in [9.17, 15) is 0 Å². The van der Waals surface area contributed by atoms with Gasteiger partial charge in [-0.05, 0) is 73.2 Å². The fraction of sp³-hybridized carbons (Fsp3) is 0.0588. The average Bonchev–Trinajstić information content (AvgIpc) is 3.44. The van der Waals surface area contributed by atoms with E-state index in [2.05, 4.69) is 102 Å². The Kier molecular flexibility index (Phi) is 5.60. The minimum Gasteiger partial charge on any atom is -0.308 e. The third-order valence-corrected chi connectivity index (χ3v) is 10.2. The van der Waals surface area contributed by atoms with Crippen molar-refractivity contribution < 1.29 is 0 Å². The van der Waals surface area contributed by atoms with E-state index in [1.54, 1.807) is 0 Å². The summed E-state index contributed by atoms with van der Waals surface area (Å²) in [6, 6.07) is 46.7. The molecule has 0 atom stereocenters.